The van der Waals surface area contributed by atoms with E-state index in [4.69, 9.17) is 11.1 Å². The van der Waals surface area contributed by atoms with Gasteiger partial charge in [0.2, 0.25) is 0 Å². The minimum atomic E-state index is 0.216. The summed E-state index contributed by atoms with van der Waals surface area (Å²) in [5.41, 5.74) is 7.71. The number of hydrogen-bond donors (Lipinski definition) is 2. The van der Waals surface area contributed by atoms with Crippen LogP contribution in [-0.2, 0) is 0 Å². The standard InChI is InChI=1S/C10H12BrN3S/c1-6-5-7(3-4-8(6)11)9(12)14-10(13)15-2/h3-5H,1-2H3,(H3,12,13,14). The Morgan fingerprint density at radius 2 is 2.20 bits per heavy atom. The monoisotopic (exact) mass is 285 g/mol. The van der Waals surface area contributed by atoms with Gasteiger partial charge in [0.15, 0.2) is 5.17 Å². The maximum atomic E-state index is 7.40. The highest BCUT2D eigenvalue weighted by Crippen LogP contribution is 2.17. The van der Waals surface area contributed by atoms with E-state index in [1.807, 2.05) is 25.1 Å². The molecule has 5 heteroatoms. The van der Waals surface area contributed by atoms with Crippen LogP contribution >= 0.6 is 27.7 Å². The highest BCUT2D eigenvalue weighted by molar-refractivity contribution is 9.10. The molecule has 0 aliphatic rings. The lowest BCUT2D eigenvalue weighted by molar-refractivity contribution is 1.40. The second-order valence-electron chi connectivity index (χ2n) is 2.97. The molecule has 0 fully saturated rings. The van der Waals surface area contributed by atoms with Crippen LogP contribution in [0.4, 0.5) is 0 Å². The predicted molar refractivity (Wildman–Crippen MR) is 70.8 cm³/mol. The van der Waals surface area contributed by atoms with Gasteiger partial charge >= 0.3 is 0 Å². The number of nitrogens with one attached hydrogen (secondary N) is 1. The quantitative estimate of drug-likeness (QED) is 0.616. The van der Waals surface area contributed by atoms with Gasteiger partial charge in [0.05, 0.1) is 0 Å². The van der Waals surface area contributed by atoms with Crippen LogP contribution in [0, 0.1) is 12.3 Å². The van der Waals surface area contributed by atoms with E-state index in [1.54, 1.807) is 6.26 Å². The molecule has 0 bridgehead atoms. The van der Waals surface area contributed by atoms with E-state index >= 15 is 0 Å². The van der Waals surface area contributed by atoms with Gasteiger partial charge in [-0.1, -0.05) is 33.8 Å². The molecule has 1 rings (SSSR count). The van der Waals surface area contributed by atoms with Crippen molar-refractivity contribution in [2.24, 2.45) is 10.7 Å². The Labute approximate surface area is 102 Å². The Morgan fingerprint density at radius 3 is 2.73 bits per heavy atom. The Morgan fingerprint density at radius 1 is 1.53 bits per heavy atom. The van der Waals surface area contributed by atoms with Gasteiger partial charge in [-0.2, -0.15) is 0 Å². The van der Waals surface area contributed by atoms with Crippen molar-refractivity contribution in [1.29, 1.82) is 5.41 Å². The predicted octanol–water partition coefficient (Wildman–Crippen LogP) is 2.76. The van der Waals surface area contributed by atoms with Crippen molar-refractivity contribution in [2.45, 2.75) is 6.92 Å². The van der Waals surface area contributed by atoms with Crippen molar-refractivity contribution < 1.29 is 0 Å². The Bertz CT molecular complexity index is 415. The summed E-state index contributed by atoms with van der Waals surface area (Å²) in [5.74, 6) is 0.380. The summed E-state index contributed by atoms with van der Waals surface area (Å²) in [6.07, 6.45) is 1.80. The molecule has 0 heterocycles. The number of aryl methyl sites for hydroxylation is 1. The molecule has 0 unspecified atom stereocenters. The molecule has 1 aromatic carbocycles. The zero-order chi connectivity index (χ0) is 11.4. The van der Waals surface area contributed by atoms with E-state index < -0.39 is 0 Å². The third-order valence-electron chi connectivity index (χ3n) is 1.87. The summed E-state index contributed by atoms with van der Waals surface area (Å²) < 4.78 is 1.04. The number of rotatable bonds is 1. The van der Waals surface area contributed by atoms with Gasteiger partial charge < -0.3 is 5.73 Å². The van der Waals surface area contributed by atoms with Crippen LogP contribution in [-0.4, -0.2) is 17.3 Å². The molecule has 3 N–H and O–H groups in total. The number of thioether (sulfide) groups is 1. The van der Waals surface area contributed by atoms with Gasteiger partial charge in [-0.05, 0) is 30.9 Å². The Hall–Kier alpha value is -0.810. The van der Waals surface area contributed by atoms with Crippen LogP contribution in [0.5, 0.6) is 0 Å². The van der Waals surface area contributed by atoms with Gasteiger partial charge in [0.1, 0.15) is 5.84 Å². The number of nitrogens with zero attached hydrogens (tertiary/aromatic N) is 1. The summed E-state index contributed by atoms with van der Waals surface area (Å²) in [6, 6.07) is 5.75. The number of hydrogen-bond acceptors (Lipinski definition) is 2. The highest BCUT2D eigenvalue weighted by atomic mass is 79.9. The first kappa shape index (κ1) is 12.3. The zero-order valence-corrected chi connectivity index (χ0v) is 10.9. The first-order chi connectivity index (χ1) is 7.04. The summed E-state index contributed by atoms with van der Waals surface area (Å²) in [7, 11) is 0. The lowest BCUT2D eigenvalue weighted by Crippen LogP contribution is -2.14. The molecule has 0 amide bonds. The molecule has 0 saturated carbocycles. The summed E-state index contributed by atoms with van der Waals surface area (Å²) >= 11 is 4.68. The molecule has 80 valence electrons. The smallest absolute Gasteiger partial charge is 0.181 e. The van der Waals surface area contributed by atoms with Crippen LogP contribution in [0.2, 0.25) is 0 Å². The van der Waals surface area contributed by atoms with E-state index in [0.717, 1.165) is 15.6 Å². The summed E-state index contributed by atoms with van der Waals surface area (Å²) in [5, 5.41) is 7.62. The topological polar surface area (TPSA) is 62.2 Å². The van der Waals surface area contributed by atoms with Crippen molar-refractivity contribution in [3.63, 3.8) is 0 Å². The summed E-state index contributed by atoms with van der Waals surface area (Å²) in [6.45, 7) is 1.99. The molecule has 0 radical (unpaired) electrons. The molecule has 0 spiro atoms. The van der Waals surface area contributed by atoms with Crippen molar-refractivity contribution in [1.82, 2.24) is 0 Å². The molecule has 0 aromatic heterocycles. The number of aliphatic imine (C=N–C) groups is 1. The number of amidine groups is 2. The van der Waals surface area contributed by atoms with Crippen LogP contribution in [0.1, 0.15) is 11.1 Å². The SMILES string of the molecule is CSC(=N)N=C(N)c1ccc(Br)c(C)c1. The van der Waals surface area contributed by atoms with Crippen molar-refractivity contribution in [2.75, 3.05) is 6.26 Å². The molecule has 0 aliphatic heterocycles. The van der Waals surface area contributed by atoms with Crippen molar-refractivity contribution >= 4 is 38.7 Å². The fourth-order valence-corrected chi connectivity index (χ4v) is 1.46. The molecular formula is C10H12BrN3S. The lowest BCUT2D eigenvalue weighted by atomic mass is 10.1. The minimum Gasteiger partial charge on any atom is -0.383 e. The summed E-state index contributed by atoms with van der Waals surface area (Å²) in [4.78, 5) is 3.96. The van der Waals surface area contributed by atoms with Crippen LogP contribution < -0.4 is 5.73 Å². The number of nitrogens with two attached hydrogens (primary N) is 1. The Kier molecular flexibility index (Phi) is 4.35. The van der Waals surface area contributed by atoms with Gasteiger partial charge in [-0.25, -0.2) is 4.99 Å². The van der Waals surface area contributed by atoms with E-state index in [9.17, 15) is 0 Å². The van der Waals surface area contributed by atoms with Gasteiger partial charge in [-0.15, -0.1) is 0 Å². The molecule has 0 atom stereocenters. The number of benzene rings is 1. The maximum absolute atomic E-state index is 7.40. The van der Waals surface area contributed by atoms with E-state index in [-0.39, 0.29) is 5.17 Å². The number of halogens is 1. The lowest BCUT2D eigenvalue weighted by Gasteiger charge is -2.03. The Balaban J connectivity index is 3.01. The van der Waals surface area contributed by atoms with Gasteiger partial charge in [-0.3, -0.25) is 5.41 Å². The van der Waals surface area contributed by atoms with Gasteiger partial charge in [0.25, 0.3) is 0 Å². The van der Waals surface area contributed by atoms with E-state index in [0.29, 0.717) is 5.84 Å². The zero-order valence-electron chi connectivity index (χ0n) is 8.54. The van der Waals surface area contributed by atoms with Crippen LogP contribution in [0.15, 0.2) is 27.7 Å². The fraction of sp³-hybridized carbons (Fsp3) is 0.200. The van der Waals surface area contributed by atoms with E-state index in [1.165, 1.54) is 11.8 Å². The second-order valence-corrected chi connectivity index (χ2v) is 4.62. The normalized spacial score (nSPS) is 11.5. The first-order valence-corrected chi connectivity index (χ1v) is 6.29. The average molecular weight is 286 g/mol. The van der Waals surface area contributed by atoms with Crippen molar-refractivity contribution in [3.8, 4) is 0 Å². The highest BCUT2D eigenvalue weighted by Gasteiger charge is 2.02. The molecule has 1 aromatic rings. The van der Waals surface area contributed by atoms with Crippen molar-refractivity contribution in [3.05, 3.63) is 33.8 Å². The molecule has 15 heavy (non-hydrogen) atoms. The van der Waals surface area contributed by atoms with E-state index in [2.05, 4.69) is 20.9 Å². The molecule has 0 aliphatic carbocycles. The molecule has 0 saturated heterocycles. The molecular weight excluding hydrogens is 274 g/mol. The second kappa shape index (κ2) is 5.32. The third kappa shape index (κ3) is 3.35. The largest absolute Gasteiger partial charge is 0.383 e. The average Bonchev–Trinajstić information content (AvgIpc) is 2.21. The minimum absolute atomic E-state index is 0.216. The maximum Gasteiger partial charge on any atom is 0.181 e. The van der Waals surface area contributed by atoms with Crippen LogP contribution in [0.3, 0.4) is 0 Å². The first-order valence-electron chi connectivity index (χ1n) is 4.28. The third-order valence-corrected chi connectivity index (χ3v) is 3.24. The molecule has 3 nitrogen and oxygen atoms in total. The fourth-order valence-electron chi connectivity index (χ4n) is 1.02. The van der Waals surface area contributed by atoms with Crippen LogP contribution in [0.25, 0.3) is 0 Å². The van der Waals surface area contributed by atoms with Gasteiger partial charge in [0, 0.05) is 10.0 Å².